The van der Waals surface area contributed by atoms with E-state index in [0.717, 1.165) is 18.5 Å². The van der Waals surface area contributed by atoms with Crippen LogP contribution < -0.4 is 0 Å². The Morgan fingerprint density at radius 3 is 2.68 bits per heavy atom. The third-order valence-electron chi connectivity index (χ3n) is 4.52. The SMILES string of the molecule is CC(CC=O)C1([N+](=O)[O-])CC=C(CSc2ccccc2)CC1. The number of benzene rings is 1. The normalized spacial score (nSPS) is 22.7. The van der Waals surface area contributed by atoms with Crippen LogP contribution in [-0.2, 0) is 4.79 Å². The Labute approximate surface area is 135 Å². The molecule has 0 amide bonds. The van der Waals surface area contributed by atoms with Crippen molar-refractivity contribution in [3.8, 4) is 0 Å². The smallest absolute Gasteiger partial charge is 0.228 e. The van der Waals surface area contributed by atoms with Gasteiger partial charge in [0.05, 0.1) is 0 Å². The zero-order chi connectivity index (χ0) is 16.0. The molecular weight excluding hydrogens is 298 g/mol. The molecule has 5 heteroatoms. The largest absolute Gasteiger partial charge is 0.303 e. The van der Waals surface area contributed by atoms with Crippen molar-refractivity contribution in [3.05, 3.63) is 52.1 Å². The van der Waals surface area contributed by atoms with Gasteiger partial charge in [0, 0.05) is 40.8 Å². The van der Waals surface area contributed by atoms with Crippen molar-refractivity contribution >= 4 is 18.0 Å². The second-order valence-electron chi connectivity index (χ2n) is 5.83. The van der Waals surface area contributed by atoms with E-state index in [1.165, 1.54) is 10.5 Å². The highest BCUT2D eigenvalue weighted by molar-refractivity contribution is 7.99. The molecule has 2 atom stereocenters. The first-order chi connectivity index (χ1) is 10.6. The zero-order valence-electron chi connectivity index (χ0n) is 12.7. The van der Waals surface area contributed by atoms with Crippen molar-refractivity contribution in [3.63, 3.8) is 0 Å². The first-order valence-electron chi connectivity index (χ1n) is 7.52. The third kappa shape index (κ3) is 3.77. The summed E-state index contributed by atoms with van der Waals surface area (Å²) < 4.78 is 0. The Bertz CT molecular complexity index is 558. The Kier molecular flexibility index (Phi) is 5.77. The topological polar surface area (TPSA) is 60.2 Å². The Hall–Kier alpha value is -1.62. The van der Waals surface area contributed by atoms with Gasteiger partial charge < -0.3 is 4.79 Å². The predicted molar refractivity (Wildman–Crippen MR) is 88.7 cm³/mol. The molecule has 0 bridgehead atoms. The van der Waals surface area contributed by atoms with Crippen LogP contribution in [0.5, 0.6) is 0 Å². The van der Waals surface area contributed by atoms with Crippen LogP contribution in [0.4, 0.5) is 0 Å². The number of nitro groups is 1. The summed E-state index contributed by atoms with van der Waals surface area (Å²) in [4.78, 5) is 23.3. The number of carbonyl (C=O) groups excluding carboxylic acids is 1. The van der Waals surface area contributed by atoms with Crippen molar-refractivity contribution in [1.29, 1.82) is 0 Å². The standard InChI is InChI=1S/C17H21NO3S/c1-14(9-12-19)17(18(20)21)10-7-15(8-11-17)13-22-16-5-3-2-4-6-16/h2-7,12,14H,8-11,13H2,1H3. The molecule has 0 saturated heterocycles. The van der Waals surface area contributed by atoms with E-state index in [0.29, 0.717) is 12.8 Å². The lowest BCUT2D eigenvalue weighted by Gasteiger charge is -2.32. The quantitative estimate of drug-likeness (QED) is 0.249. The summed E-state index contributed by atoms with van der Waals surface area (Å²) in [5.74, 6) is 0.652. The molecule has 2 rings (SSSR count). The third-order valence-corrected chi connectivity index (χ3v) is 5.64. The monoisotopic (exact) mass is 319 g/mol. The number of hydrogen-bond acceptors (Lipinski definition) is 4. The van der Waals surface area contributed by atoms with Gasteiger partial charge in [-0.1, -0.05) is 36.8 Å². The van der Waals surface area contributed by atoms with Gasteiger partial charge in [-0.05, 0) is 18.6 Å². The lowest BCUT2D eigenvalue weighted by molar-refractivity contribution is -0.581. The average Bonchev–Trinajstić information content (AvgIpc) is 2.54. The highest BCUT2D eigenvalue weighted by Gasteiger charge is 2.48. The van der Waals surface area contributed by atoms with Crippen molar-refractivity contribution < 1.29 is 9.72 Å². The van der Waals surface area contributed by atoms with Gasteiger partial charge in [0.1, 0.15) is 6.29 Å². The van der Waals surface area contributed by atoms with E-state index in [1.807, 2.05) is 31.2 Å². The molecule has 0 fully saturated rings. The minimum Gasteiger partial charge on any atom is -0.303 e. The number of rotatable bonds is 7. The molecule has 1 aromatic carbocycles. The van der Waals surface area contributed by atoms with Crippen LogP contribution in [0.2, 0.25) is 0 Å². The molecule has 4 nitrogen and oxygen atoms in total. The minimum atomic E-state index is -0.970. The summed E-state index contributed by atoms with van der Waals surface area (Å²) in [6, 6.07) is 10.2. The van der Waals surface area contributed by atoms with Gasteiger partial charge in [0.15, 0.2) is 0 Å². The van der Waals surface area contributed by atoms with Gasteiger partial charge in [-0.15, -0.1) is 11.8 Å². The maximum absolute atomic E-state index is 11.5. The molecule has 0 saturated carbocycles. The summed E-state index contributed by atoms with van der Waals surface area (Å²) in [7, 11) is 0. The van der Waals surface area contributed by atoms with Gasteiger partial charge in [-0.3, -0.25) is 10.1 Å². The van der Waals surface area contributed by atoms with Crippen LogP contribution >= 0.6 is 11.8 Å². The van der Waals surface area contributed by atoms with E-state index in [4.69, 9.17) is 0 Å². The first kappa shape index (κ1) is 16.7. The van der Waals surface area contributed by atoms with Gasteiger partial charge >= 0.3 is 0 Å². The maximum Gasteiger partial charge on any atom is 0.228 e. The number of nitrogens with zero attached hydrogens (tertiary/aromatic N) is 1. The number of thioether (sulfide) groups is 1. The lowest BCUT2D eigenvalue weighted by atomic mass is 9.74. The molecule has 22 heavy (non-hydrogen) atoms. The fourth-order valence-corrected chi connectivity index (χ4v) is 3.85. The molecule has 0 heterocycles. The van der Waals surface area contributed by atoms with Crippen LogP contribution in [0.15, 0.2) is 46.9 Å². The zero-order valence-corrected chi connectivity index (χ0v) is 13.6. The van der Waals surface area contributed by atoms with Crippen LogP contribution in [0.3, 0.4) is 0 Å². The van der Waals surface area contributed by atoms with Crippen LogP contribution in [0.25, 0.3) is 0 Å². The summed E-state index contributed by atoms with van der Waals surface area (Å²) in [5.41, 5.74) is 0.298. The van der Waals surface area contributed by atoms with E-state index in [9.17, 15) is 14.9 Å². The van der Waals surface area contributed by atoms with Crippen LogP contribution in [0, 0.1) is 16.0 Å². The molecule has 1 aliphatic carbocycles. The van der Waals surface area contributed by atoms with Crippen molar-refractivity contribution in [2.75, 3.05) is 5.75 Å². The van der Waals surface area contributed by atoms with Crippen LogP contribution in [-0.4, -0.2) is 22.5 Å². The second-order valence-corrected chi connectivity index (χ2v) is 6.88. The molecule has 0 radical (unpaired) electrons. The highest BCUT2D eigenvalue weighted by Crippen LogP contribution is 2.38. The second kappa shape index (κ2) is 7.58. The van der Waals surface area contributed by atoms with Crippen LogP contribution in [0.1, 0.15) is 32.6 Å². The highest BCUT2D eigenvalue weighted by atomic mass is 32.2. The van der Waals surface area contributed by atoms with E-state index in [2.05, 4.69) is 12.1 Å². The van der Waals surface area contributed by atoms with Gasteiger partial charge in [0.2, 0.25) is 5.54 Å². The predicted octanol–water partition coefficient (Wildman–Crippen LogP) is 4.13. The fraction of sp³-hybridized carbons (Fsp3) is 0.471. The lowest BCUT2D eigenvalue weighted by Crippen LogP contribution is -2.46. The number of aldehydes is 1. The minimum absolute atomic E-state index is 0.168. The van der Waals surface area contributed by atoms with Gasteiger partial charge in [0.25, 0.3) is 0 Å². The summed E-state index contributed by atoms with van der Waals surface area (Å²) >= 11 is 1.76. The van der Waals surface area contributed by atoms with E-state index in [-0.39, 0.29) is 17.3 Å². The molecule has 2 unspecified atom stereocenters. The number of carbonyl (C=O) groups is 1. The Balaban J connectivity index is 2.00. The summed E-state index contributed by atoms with van der Waals surface area (Å²) in [6.07, 6.45) is 4.76. The van der Waals surface area contributed by atoms with Gasteiger partial charge in [-0.25, -0.2) is 0 Å². The molecule has 0 N–H and O–H groups in total. The van der Waals surface area contributed by atoms with Crippen molar-refractivity contribution in [2.24, 2.45) is 5.92 Å². The molecule has 0 aromatic heterocycles. The maximum atomic E-state index is 11.5. The fourth-order valence-electron chi connectivity index (χ4n) is 2.88. The van der Waals surface area contributed by atoms with Crippen molar-refractivity contribution in [2.45, 2.75) is 43.0 Å². The van der Waals surface area contributed by atoms with E-state index >= 15 is 0 Å². The van der Waals surface area contributed by atoms with Gasteiger partial charge in [-0.2, -0.15) is 0 Å². The number of hydrogen-bond donors (Lipinski definition) is 0. The van der Waals surface area contributed by atoms with Crippen molar-refractivity contribution in [1.82, 2.24) is 0 Å². The van der Waals surface area contributed by atoms with E-state index < -0.39 is 5.54 Å². The summed E-state index contributed by atoms with van der Waals surface area (Å²) in [5, 5.41) is 11.5. The molecule has 0 spiro atoms. The van der Waals surface area contributed by atoms with E-state index in [1.54, 1.807) is 11.8 Å². The molecule has 0 aliphatic heterocycles. The summed E-state index contributed by atoms with van der Waals surface area (Å²) in [6.45, 7) is 1.81. The molecule has 1 aromatic rings. The molecular formula is C17H21NO3S. The molecule has 1 aliphatic rings. The average molecular weight is 319 g/mol. The molecule has 118 valence electrons. The Morgan fingerprint density at radius 1 is 1.41 bits per heavy atom. The first-order valence-corrected chi connectivity index (χ1v) is 8.51. The Morgan fingerprint density at radius 2 is 2.14 bits per heavy atom.